The van der Waals surface area contributed by atoms with Gasteiger partial charge in [-0.3, -0.25) is 0 Å². The maximum atomic E-state index is 7.15. The van der Waals surface area contributed by atoms with Crippen LogP contribution in [0.15, 0.2) is 161 Å². The Balaban J connectivity index is 1.88. The molecule has 0 spiro atoms. The maximum absolute atomic E-state index is 7.15. The van der Waals surface area contributed by atoms with Gasteiger partial charge in [0, 0.05) is 32.5 Å². The molecular formula is C34H26P2S4. The van der Waals surface area contributed by atoms with Gasteiger partial charge in [0.1, 0.15) is 0 Å². The van der Waals surface area contributed by atoms with Crippen LogP contribution in [0, 0.1) is 0 Å². The maximum Gasteiger partial charge on any atom is 0.0404 e. The van der Waals surface area contributed by atoms with Gasteiger partial charge in [0.25, 0.3) is 0 Å². The van der Waals surface area contributed by atoms with Gasteiger partial charge in [0.05, 0.1) is 0 Å². The zero-order valence-electron chi connectivity index (χ0n) is 21.5. The summed E-state index contributed by atoms with van der Waals surface area (Å²) in [6, 6.07) is 46.3. The van der Waals surface area contributed by atoms with Crippen molar-refractivity contribution in [2.45, 2.75) is 0 Å². The molecule has 4 aromatic carbocycles. The van der Waals surface area contributed by atoms with Crippen LogP contribution in [0.1, 0.15) is 9.75 Å². The first-order chi connectivity index (χ1) is 19.6. The minimum atomic E-state index is -2.65. The standard InChI is InChI=1S/C34H26P2S4/c37-35(27-15-5-1-6-16-27,28-17-7-2-8-18-28)34(33(31-23-13-25-39-31)32-24-14-26-40-32)36(38,29-19-9-3-10-20-29)30-21-11-4-12-22-30/h1-26H. The van der Waals surface area contributed by atoms with E-state index in [2.05, 4.69) is 156 Å². The van der Waals surface area contributed by atoms with E-state index in [1.165, 1.54) is 20.4 Å². The van der Waals surface area contributed by atoms with Crippen LogP contribution >= 0.6 is 34.7 Å². The predicted molar refractivity (Wildman–Crippen MR) is 188 cm³/mol. The summed E-state index contributed by atoms with van der Waals surface area (Å²) in [5.74, 6) is 0. The SMILES string of the molecule is S=P(C(=C(c1cccs1)c1cccs1)P(=S)(c1ccccc1)c1ccccc1)(c1ccccc1)c1ccccc1. The van der Waals surface area contributed by atoms with Gasteiger partial charge in [-0.25, -0.2) is 0 Å². The Morgan fingerprint density at radius 1 is 0.400 bits per heavy atom. The van der Waals surface area contributed by atoms with Crippen molar-refractivity contribution in [1.82, 2.24) is 0 Å². The molecule has 6 aromatic rings. The fraction of sp³-hybridized carbons (Fsp3) is 0. The van der Waals surface area contributed by atoms with Crippen LogP contribution in [-0.4, -0.2) is 0 Å². The van der Waals surface area contributed by atoms with Gasteiger partial charge in [-0.15, -0.1) is 22.7 Å². The molecule has 0 radical (unpaired) electrons. The van der Waals surface area contributed by atoms with E-state index in [1.54, 1.807) is 22.7 Å². The summed E-state index contributed by atoms with van der Waals surface area (Å²) in [5, 5.41) is 10.2. The lowest BCUT2D eigenvalue weighted by molar-refractivity contribution is 1.73. The van der Waals surface area contributed by atoms with E-state index in [4.69, 9.17) is 23.6 Å². The smallest absolute Gasteiger partial charge is 0.0404 e. The summed E-state index contributed by atoms with van der Waals surface area (Å²) < 4.78 is 0. The van der Waals surface area contributed by atoms with Gasteiger partial charge < -0.3 is 0 Å². The number of thiophene rings is 2. The van der Waals surface area contributed by atoms with E-state index in [9.17, 15) is 0 Å². The molecule has 6 rings (SSSR count). The van der Waals surface area contributed by atoms with Gasteiger partial charge >= 0.3 is 0 Å². The molecule has 40 heavy (non-hydrogen) atoms. The Morgan fingerprint density at radius 2 is 0.700 bits per heavy atom. The zero-order valence-corrected chi connectivity index (χ0v) is 26.6. The third kappa shape index (κ3) is 4.99. The summed E-state index contributed by atoms with van der Waals surface area (Å²) in [6.45, 7) is 0. The third-order valence-corrected chi connectivity index (χ3v) is 20.6. The summed E-state index contributed by atoms with van der Waals surface area (Å²) in [5.41, 5.74) is 1.21. The highest BCUT2D eigenvalue weighted by Crippen LogP contribution is 2.72. The third-order valence-electron chi connectivity index (χ3n) is 6.83. The second kappa shape index (κ2) is 12.0. The Bertz CT molecular complexity index is 1590. The quantitative estimate of drug-likeness (QED) is 0.155. The molecule has 0 unspecified atom stereocenters. The van der Waals surface area contributed by atoms with Crippen LogP contribution in [0.4, 0.5) is 0 Å². The molecule has 6 heteroatoms. The molecule has 0 bridgehead atoms. The van der Waals surface area contributed by atoms with Crippen molar-refractivity contribution in [1.29, 1.82) is 0 Å². The van der Waals surface area contributed by atoms with Crippen LogP contribution in [0.2, 0.25) is 0 Å². The van der Waals surface area contributed by atoms with E-state index < -0.39 is 12.1 Å². The lowest BCUT2D eigenvalue weighted by atomic mass is 10.2. The molecule has 0 amide bonds. The Hall–Kier alpha value is -2.68. The highest BCUT2D eigenvalue weighted by Gasteiger charge is 2.41. The largest absolute Gasteiger partial charge is 0.144 e. The van der Waals surface area contributed by atoms with Crippen molar-refractivity contribution >= 4 is 85.2 Å². The van der Waals surface area contributed by atoms with Crippen molar-refractivity contribution in [2.24, 2.45) is 0 Å². The fourth-order valence-electron chi connectivity index (χ4n) is 5.04. The zero-order chi connectivity index (χ0) is 27.4. The second-order valence-electron chi connectivity index (χ2n) is 9.21. The first-order valence-electron chi connectivity index (χ1n) is 12.9. The lowest BCUT2D eigenvalue weighted by Gasteiger charge is -2.37. The molecule has 196 valence electrons. The van der Waals surface area contributed by atoms with Gasteiger partial charge in [-0.2, -0.15) is 0 Å². The van der Waals surface area contributed by atoms with Crippen LogP contribution in [0.5, 0.6) is 0 Å². The topological polar surface area (TPSA) is 0 Å². The number of hydrogen-bond donors (Lipinski definition) is 0. The minimum absolute atomic E-state index is 1.16. The molecule has 0 saturated heterocycles. The molecule has 0 N–H and O–H groups in total. The highest BCUT2D eigenvalue weighted by molar-refractivity contribution is 8.36. The van der Waals surface area contributed by atoms with E-state index in [0.717, 1.165) is 21.2 Å². The van der Waals surface area contributed by atoms with Crippen LogP contribution in [-0.2, 0) is 23.6 Å². The second-order valence-corrected chi connectivity index (χ2v) is 20.1. The lowest BCUT2D eigenvalue weighted by Crippen LogP contribution is -2.24. The van der Waals surface area contributed by atoms with Gasteiger partial charge in [-0.1, -0.05) is 157 Å². The molecule has 0 aliphatic carbocycles. The Labute approximate surface area is 254 Å². The molecule has 0 fully saturated rings. The van der Waals surface area contributed by atoms with E-state index in [1.807, 2.05) is 0 Å². The summed E-state index contributed by atoms with van der Waals surface area (Å²) >= 11 is 17.8. The number of rotatable bonds is 8. The number of benzene rings is 4. The molecule has 0 aliphatic heterocycles. The van der Waals surface area contributed by atoms with Crippen molar-refractivity contribution in [3.8, 4) is 0 Å². The van der Waals surface area contributed by atoms with Crippen molar-refractivity contribution in [2.75, 3.05) is 0 Å². The fourth-order valence-corrected chi connectivity index (χ4v) is 19.7. The molecule has 2 heterocycles. The highest BCUT2D eigenvalue weighted by atomic mass is 32.5. The summed E-state index contributed by atoms with van der Waals surface area (Å²) in [7, 11) is 0. The van der Waals surface area contributed by atoms with Crippen LogP contribution in [0.3, 0.4) is 0 Å². The van der Waals surface area contributed by atoms with E-state index in [0.29, 0.717) is 0 Å². The molecule has 0 aliphatic rings. The molecule has 0 atom stereocenters. The normalized spacial score (nSPS) is 11.7. The average molecular weight is 625 g/mol. The van der Waals surface area contributed by atoms with Gasteiger partial charge in [-0.05, 0) is 44.1 Å². The summed E-state index contributed by atoms with van der Waals surface area (Å²) in [4.78, 5) is 2.42. The molecule has 0 saturated carbocycles. The molecule has 2 aromatic heterocycles. The van der Waals surface area contributed by atoms with Crippen LogP contribution in [0.25, 0.3) is 5.57 Å². The van der Waals surface area contributed by atoms with E-state index >= 15 is 0 Å². The first-order valence-corrected chi connectivity index (χ1v) is 20.3. The Kier molecular flexibility index (Phi) is 8.28. The first kappa shape index (κ1) is 27.5. The monoisotopic (exact) mass is 624 g/mol. The van der Waals surface area contributed by atoms with Gasteiger partial charge in [0.2, 0.25) is 0 Å². The minimum Gasteiger partial charge on any atom is -0.144 e. The average Bonchev–Trinajstić information content (AvgIpc) is 3.77. The summed E-state index contributed by atoms with van der Waals surface area (Å²) in [6.07, 6.45) is 0. The van der Waals surface area contributed by atoms with Gasteiger partial charge in [0.15, 0.2) is 0 Å². The molecular weight excluding hydrogens is 599 g/mol. The van der Waals surface area contributed by atoms with Crippen LogP contribution < -0.4 is 21.2 Å². The Morgan fingerprint density at radius 3 is 0.950 bits per heavy atom. The van der Waals surface area contributed by atoms with Crippen molar-refractivity contribution in [3.63, 3.8) is 0 Å². The molecule has 0 nitrogen and oxygen atoms in total. The number of hydrogen-bond acceptors (Lipinski definition) is 4. The van der Waals surface area contributed by atoms with Crippen molar-refractivity contribution < 1.29 is 0 Å². The van der Waals surface area contributed by atoms with Crippen molar-refractivity contribution in [3.05, 3.63) is 171 Å². The predicted octanol–water partition coefficient (Wildman–Crippen LogP) is 8.79. The van der Waals surface area contributed by atoms with E-state index in [-0.39, 0.29) is 0 Å².